The minimum absolute atomic E-state index is 0.0390. The Bertz CT molecular complexity index is 1850. The number of ether oxygens (including phenoxy) is 3. The molecular weight excluding hydrogens is 691 g/mol. The van der Waals surface area contributed by atoms with Gasteiger partial charge in [0, 0.05) is 59.6 Å². The molecule has 0 unspecified atom stereocenters. The molecule has 1 aromatic heterocycles. The van der Waals surface area contributed by atoms with Crippen molar-refractivity contribution in [3.63, 3.8) is 0 Å². The van der Waals surface area contributed by atoms with E-state index in [1.165, 1.54) is 44.8 Å². The van der Waals surface area contributed by atoms with Crippen molar-refractivity contribution >= 4 is 58.4 Å². The van der Waals surface area contributed by atoms with Crippen molar-refractivity contribution in [1.29, 1.82) is 0 Å². The number of carbonyl (C=O) groups excluding carboxylic acids is 4. The average molecular weight is 725 g/mol. The van der Waals surface area contributed by atoms with Crippen molar-refractivity contribution in [2.45, 2.75) is 31.0 Å². The predicted molar refractivity (Wildman–Crippen MR) is 182 cm³/mol. The molecule has 0 bridgehead atoms. The zero-order valence-corrected chi connectivity index (χ0v) is 29.0. The molecule has 2 aromatic carbocycles. The maximum absolute atomic E-state index is 14.1. The molecule has 2 amide bonds. The fraction of sp³-hybridized carbons (Fsp3) is 0.353. The van der Waals surface area contributed by atoms with Crippen molar-refractivity contribution in [3.05, 3.63) is 92.3 Å². The number of nitrogens with one attached hydrogen (secondary N) is 1. The molecule has 3 aromatic rings. The number of hydrogen-bond acceptors (Lipinski definition) is 12. The van der Waals surface area contributed by atoms with E-state index in [4.69, 9.17) is 30.8 Å². The Morgan fingerprint density at radius 1 is 1.06 bits per heavy atom. The van der Waals surface area contributed by atoms with Gasteiger partial charge in [-0.25, -0.2) is 19.0 Å². The number of piperazine rings is 1. The summed E-state index contributed by atoms with van der Waals surface area (Å²) < 4.78 is 29.3. The van der Waals surface area contributed by atoms with Crippen LogP contribution in [0.2, 0.25) is 5.02 Å². The summed E-state index contributed by atoms with van der Waals surface area (Å²) in [6, 6.07) is 8.48. The molecule has 3 aliphatic heterocycles. The second kappa shape index (κ2) is 14.9. The lowest BCUT2D eigenvalue weighted by Gasteiger charge is -2.42. The number of carbonyl (C=O) groups is 4. The van der Waals surface area contributed by atoms with Crippen LogP contribution in [0.5, 0.6) is 0 Å². The first-order chi connectivity index (χ1) is 24.1. The van der Waals surface area contributed by atoms with E-state index in [1.807, 2.05) is 29.2 Å². The molecule has 6 rings (SSSR count). The third-order valence-corrected chi connectivity index (χ3v) is 10.1. The monoisotopic (exact) mass is 724 g/mol. The third-order valence-electron chi connectivity index (χ3n) is 8.95. The number of amides is 2. The fourth-order valence-electron chi connectivity index (χ4n) is 6.49. The van der Waals surface area contributed by atoms with Gasteiger partial charge in [-0.1, -0.05) is 29.8 Å². The molecule has 13 nitrogen and oxygen atoms in total. The average Bonchev–Trinajstić information content (AvgIpc) is 3.78. The van der Waals surface area contributed by atoms with Crippen LogP contribution in [-0.2, 0) is 35.0 Å². The molecule has 0 aliphatic carbocycles. The maximum atomic E-state index is 14.1. The number of hydrogen-bond donors (Lipinski definition) is 1. The smallest absolute Gasteiger partial charge is 0.338 e. The van der Waals surface area contributed by atoms with Gasteiger partial charge in [0.15, 0.2) is 10.8 Å². The number of nitrogens with zero attached hydrogens (tertiary/aromatic N) is 5. The number of anilines is 1. The highest BCUT2D eigenvalue weighted by atomic mass is 35.5. The van der Waals surface area contributed by atoms with Gasteiger partial charge in [-0.05, 0) is 36.2 Å². The van der Waals surface area contributed by atoms with Gasteiger partial charge < -0.3 is 24.4 Å². The Hall–Kier alpha value is -4.86. The maximum Gasteiger partial charge on any atom is 0.338 e. The van der Waals surface area contributed by atoms with E-state index in [0.717, 1.165) is 11.6 Å². The van der Waals surface area contributed by atoms with Gasteiger partial charge in [-0.2, -0.15) is 0 Å². The highest BCUT2D eigenvalue weighted by molar-refractivity contribution is 7.11. The van der Waals surface area contributed by atoms with E-state index in [1.54, 1.807) is 21.4 Å². The Labute approximate surface area is 296 Å². The topological polar surface area (TPSA) is 143 Å². The first kappa shape index (κ1) is 35.0. The van der Waals surface area contributed by atoms with E-state index < -0.39 is 35.9 Å². The molecule has 0 spiro atoms. The van der Waals surface area contributed by atoms with Crippen molar-refractivity contribution in [2.24, 2.45) is 4.99 Å². The minimum atomic E-state index is -0.984. The number of urea groups is 1. The number of methoxy groups -OCH3 is 3. The molecule has 2 fully saturated rings. The molecule has 16 heteroatoms. The first-order valence-electron chi connectivity index (χ1n) is 15.7. The van der Waals surface area contributed by atoms with Crippen LogP contribution in [0.3, 0.4) is 0 Å². The second-order valence-electron chi connectivity index (χ2n) is 11.7. The quantitative estimate of drug-likeness (QED) is 0.243. The van der Waals surface area contributed by atoms with Crippen molar-refractivity contribution < 1.29 is 37.8 Å². The normalized spacial score (nSPS) is 20.6. The lowest BCUT2D eigenvalue weighted by Crippen LogP contribution is -2.62. The van der Waals surface area contributed by atoms with E-state index in [9.17, 15) is 23.6 Å². The summed E-state index contributed by atoms with van der Waals surface area (Å²) in [5, 5.41) is 5.64. The summed E-state index contributed by atoms with van der Waals surface area (Å²) in [7, 11) is 3.88. The van der Waals surface area contributed by atoms with Gasteiger partial charge in [0.2, 0.25) is 0 Å². The van der Waals surface area contributed by atoms with Crippen molar-refractivity contribution in [2.75, 3.05) is 52.4 Å². The molecule has 3 aliphatic rings. The van der Waals surface area contributed by atoms with Crippen LogP contribution >= 0.6 is 22.9 Å². The third kappa shape index (κ3) is 6.93. The van der Waals surface area contributed by atoms with E-state index >= 15 is 0 Å². The largest absolute Gasteiger partial charge is 0.469 e. The summed E-state index contributed by atoms with van der Waals surface area (Å²) in [6.07, 6.45) is 2.35. The minimum Gasteiger partial charge on any atom is -0.469 e. The zero-order chi connectivity index (χ0) is 35.5. The van der Waals surface area contributed by atoms with Crippen LogP contribution in [0.4, 0.5) is 14.9 Å². The van der Waals surface area contributed by atoms with Gasteiger partial charge in [0.25, 0.3) is 0 Å². The molecular formula is C34H34ClFN6O7S. The molecule has 50 heavy (non-hydrogen) atoms. The number of thiazole rings is 1. The number of aromatic nitrogens is 1. The van der Waals surface area contributed by atoms with E-state index in [2.05, 4.69) is 10.3 Å². The van der Waals surface area contributed by atoms with Crippen LogP contribution in [0.15, 0.2) is 70.3 Å². The number of halogens is 2. The summed E-state index contributed by atoms with van der Waals surface area (Å²) >= 11 is 7.83. The predicted octanol–water partition coefficient (Wildman–Crippen LogP) is 3.73. The number of benzene rings is 2. The SMILES string of the molecule is COC(=O)CCc1ccc(N2C[C@@H]3[C@@H](C(=O)OC)N(CC4=C(C(=O)OC)[C@H](c5ccc(F)cc5Cl)N=C(c5nccs5)N4)CCN3C2=O)cc1. The van der Waals surface area contributed by atoms with Gasteiger partial charge in [-0.3, -0.25) is 24.4 Å². The van der Waals surface area contributed by atoms with Crippen LogP contribution in [0.25, 0.3) is 0 Å². The summed E-state index contributed by atoms with van der Waals surface area (Å²) in [4.78, 5) is 66.6. The zero-order valence-electron chi connectivity index (χ0n) is 27.4. The summed E-state index contributed by atoms with van der Waals surface area (Å²) in [6.45, 7) is 0.809. The molecule has 3 atom stereocenters. The number of esters is 3. The molecule has 2 saturated heterocycles. The summed E-state index contributed by atoms with van der Waals surface area (Å²) in [5.41, 5.74) is 2.45. The number of amidine groups is 1. The summed E-state index contributed by atoms with van der Waals surface area (Å²) in [5.74, 6) is -1.73. The van der Waals surface area contributed by atoms with Crippen LogP contribution in [0.1, 0.15) is 28.6 Å². The number of rotatable bonds is 10. The van der Waals surface area contributed by atoms with Crippen molar-refractivity contribution in [3.8, 4) is 0 Å². The van der Waals surface area contributed by atoms with Gasteiger partial charge in [-0.15, -0.1) is 11.3 Å². The number of fused-ring (bicyclic) bond motifs is 1. The molecule has 262 valence electrons. The van der Waals surface area contributed by atoms with Gasteiger partial charge in [0.1, 0.15) is 17.9 Å². The lowest BCUT2D eigenvalue weighted by molar-refractivity contribution is -0.150. The standard InChI is InChI=1S/C34H34ClFN6O7S/c1-47-26(43)11-6-19-4-8-21(9-5-19)42-18-25-29(33(45)49-3)40(13-14-41(25)34(42)46)17-24-27(32(44)48-2)28(22-10-7-20(36)16-23(22)35)39-30(38-24)31-37-12-15-50-31/h4-5,7-10,12,15-16,25,28-29H,6,11,13-14,17-18H2,1-3H3,(H,38,39)/t25-,28+,29+/m1/s1. The highest BCUT2D eigenvalue weighted by Crippen LogP contribution is 2.38. The highest BCUT2D eigenvalue weighted by Gasteiger charge is 2.50. The Morgan fingerprint density at radius 3 is 2.50 bits per heavy atom. The van der Waals surface area contributed by atoms with Gasteiger partial charge in [0.05, 0.1) is 39.5 Å². The van der Waals surface area contributed by atoms with Crippen molar-refractivity contribution in [1.82, 2.24) is 20.1 Å². The number of aryl methyl sites for hydroxylation is 1. The Kier molecular flexibility index (Phi) is 10.5. The first-order valence-corrected chi connectivity index (χ1v) is 17.0. The molecule has 1 N–H and O–H groups in total. The fourth-order valence-corrected chi connectivity index (χ4v) is 7.35. The van der Waals surface area contributed by atoms with E-state index in [0.29, 0.717) is 40.8 Å². The van der Waals surface area contributed by atoms with Crippen LogP contribution in [-0.4, -0.2) is 104 Å². The lowest BCUT2D eigenvalue weighted by atomic mass is 9.94. The Balaban J connectivity index is 1.32. The number of aliphatic imine (C=N–C) groups is 1. The second-order valence-corrected chi connectivity index (χ2v) is 13.0. The molecule has 0 saturated carbocycles. The van der Waals surface area contributed by atoms with Gasteiger partial charge >= 0.3 is 23.9 Å². The molecule has 4 heterocycles. The van der Waals surface area contributed by atoms with Crippen LogP contribution in [0, 0.1) is 5.82 Å². The van der Waals surface area contributed by atoms with Crippen LogP contribution < -0.4 is 10.2 Å². The molecule has 0 radical (unpaired) electrons. The van der Waals surface area contributed by atoms with E-state index in [-0.39, 0.29) is 48.7 Å². The Morgan fingerprint density at radius 2 is 1.84 bits per heavy atom.